The molecule has 51 nitrogen and oxygen atoms in total. The van der Waals surface area contributed by atoms with E-state index in [0.29, 0.717) is 30.4 Å². The van der Waals surface area contributed by atoms with Gasteiger partial charge in [0, 0.05) is 38.8 Å². The van der Waals surface area contributed by atoms with Crippen molar-refractivity contribution in [2.45, 2.75) is 357 Å². The Balaban J connectivity index is 2.47. The van der Waals surface area contributed by atoms with Crippen molar-refractivity contribution in [3.05, 3.63) is 59.7 Å². The fraction of sp³-hybridized carbons (Fsp3) is 0.667. The summed E-state index contributed by atoms with van der Waals surface area (Å²) in [6, 6.07) is -12.5. The topological polar surface area (TPSA) is 866 Å². The van der Waals surface area contributed by atoms with Gasteiger partial charge in [0.1, 0.15) is 96.1 Å². The van der Waals surface area contributed by atoms with Crippen LogP contribution in [-0.4, -0.2) is 298 Å². The van der Waals surface area contributed by atoms with Crippen LogP contribution in [0.3, 0.4) is 0 Å². The molecule has 0 aromatic heterocycles. The molecule has 0 fully saturated rings. The molecule has 2 aromatic rings. The summed E-state index contributed by atoms with van der Waals surface area (Å²) in [5.74, 6) is -22.1. The fourth-order valence-electron chi connectivity index (χ4n) is 15.7. The van der Waals surface area contributed by atoms with E-state index in [1.807, 2.05) is 0 Å². The van der Waals surface area contributed by atoms with E-state index in [-0.39, 0.29) is 159 Å². The molecule has 2 aromatic carbocycles. The molecule has 150 heavy (non-hydrogen) atoms. The van der Waals surface area contributed by atoms with Crippen molar-refractivity contribution in [1.29, 1.82) is 10.8 Å². The number of nitrogens with two attached hydrogens (primary N) is 6. The van der Waals surface area contributed by atoms with Gasteiger partial charge in [-0.1, -0.05) is 136 Å². The van der Waals surface area contributed by atoms with Crippen LogP contribution in [0.1, 0.15) is 265 Å². The molecule has 0 unspecified atom stereocenters. The molecule has 0 bridgehead atoms. The molecule has 0 spiro atoms. The molecule has 0 aliphatic rings. The van der Waals surface area contributed by atoms with Gasteiger partial charge in [-0.05, 0) is 190 Å². The third-order valence-electron chi connectivity index (χ3n) is 24.0. The molecule has 51 heteroatoms. The summed E-state index contributed by atoms with van der Waals surface area (Å²) in [6.07, 6.45) is 10.4. The first kappa shape index (κ1) is 132. The first-order valence-corrected chi connectivity index (χ1v) is 51.8. The largest absolute Gasteiger partial charge is 0.508 e. The molecule has 38 N–H and O–H groups in total. The van der Waals surface area contributed by atoms with Crippen LogP contribution >= 0.6 is 0 Å². The monoisotopic (exact) mass is 2120 g/mol. The van der Waals surface area contributed by atoms with Crippen LogP contribution in [-0.2, 0) is 104 Å². The predicted molar refractivity (Wildman–Crippen MR) is 556 cm³/mol. The minimum absolute atomic E-state index is 0.00496. The number of rotatable bonds is 81. The van der Waals surface area contributed by atoms with Gasteiger partial charge in [-0.3, -0.25) is 97.1 Å². The highest BCUT2D eigenvalue weighted by atomic mass is 16.4. The summed E-state index contributed by atoms with van der Waals surface area (Å²) in [5, 5.41) is 122. The molecule has 0 saturated carbocycles. The molecule has 0 aliphatic carbocycles. The van der Waals surface area contributed by atoms with Crippen molar-refractivity contribution in [2.75, 3.05) is 52.4 Å². The number of phenolic OH excluding ortho intramolecular Hbond substituents is 2. The molecule has 0 radical (unpaired) electrons. The molecule has 17 amide bonds. The van der Waals surface area contributed by atoms with Crippen LogP contribution in [0, 0.1) is 22.7 Å². The lowest BCUT2D eigenvalue weighted by Crippen LogP contribution is -2.62. The van der Waals surface area contributed by atoms with E-state index in [4.69, 9.17) is 45.2 Å². The van der Waals surface area contributed by atoms with Gasteiger partial charge in [0.2, 0.25) is 100 Å². The Bertz CT molecular complexity index is 4590. The van der Waals surface area contributed by atoms with Gasteiger partial charge in [-0.25, -0.2) is 4.79 Å². The average molecular weight is 2120 g/mol. The number of hydrogen-bond acceptors (Lipinski definition) is 28. The number of nitrogens with one attached hydrogen (secondary N) is 20. The molecule has 0 aliphatic heterocycles. The van der Waals surface area contributed by atoms with Gasteiger partial charge < -0.3 is 161 Å². The van der Waals surface area contributed by atoms with E-state index in [2.05, 4.69) is 103 Å². The fourth-order valence-corrected chi connectivity index (χ4v) is 15.7. The molecule has 2 rings (SSSR count). The van der Waals surface area contributed by atoms with E-state index in [9.17, 15) is 122 Å². The minimum Gasteiger partial charge on any atom is -0.508 e. The quantitative estimate of drug-likeness (QED) is 0.0174. The number of guanidine groups is 2. The van der Waals surface area contributed by atoms with Crippen LogP contribution < -0.4 is 130 Å². The average Bonchev–Trinajstić information content (AvgIpc) is 0.843. The number of phenols is 2. The summed E-state index contributed by atoms with van der Waals surface area (Å²) in [5.41, 5.74) is 34.8. The van der Waals surface area contributed by atoms with Crippen molar-refractivity contribution in [1.82, 2.24) is 95.7 Å². The summed E-state index contributed by atoms with van der Waals surface area (Å²) < 4.78 is 0. The van der Waals surface area contributed by atoms with Crippen molar-refractivity contribution in [2.24, 2.45) is 46.2 Å². The van der Waals surface area contributed by atoms with E-state index in [1.165, 1.54) is 99.9 Å². The van der Waals surface area contributed by atoms with Crippen LogP contribution in [0.15, 0.2) is 48.5 Å². The Labute approximate surface area is 875 Å². The second kappa shape index (κ2) is 75.1. The molecule has 15 atom stereocenters. The van der Waals surface area contributed by atoms with Crippen molar-refractivity contribution < 1.29 is 122 Å². The summed E-state index contributed by atoms with van der Waals surface area (Å²) in [4.78, 5) is 264. The summed E-state index contributed by atoms with van der Waals surface area (Å²) >= 11 is 0. The van der Waals surface area contributed by atoms with Crippen molar-refractivity contribution >= 4 is 124 Å². The Morgan fingerprint density at radius 3 is 1.01 bits per heavy atom. The number of carboxylic acid groups (broad SMARTS) is 2. The number of carbonyl (C=O) groups excluding carboxylic acids is 17. The summed E-state index contributed by atoms with van der Waals surface area (Å²) in [7, 11) is 0. The number of amides is 17. The SMILES string of the molecule is CCCCCCCCCCCCCCCC(=O)NCC(=O)NCC(=O)N[C@@H](Cc1ccc(O)cc1)C(=O)N[C@@H](CCC(N)=O)C(=O)N[C@@H](CCCCN)C(=O)N[C@@H](CCCCN)C(=O)N[C@H](CC(C)C)C(=O)N[C@@H](CCCNC(=N)N)C(=O)N[C@@H](CO)C(=O)N[C@@H](C)C(=O)N[C@H](C(=O)N[C@@H](CC(=O)O)C(=O)N[C@@H](CCCCN)C(=O)N[C@@H](Cc1ccc(O)cc1)C(=O)N[C@@H](CCCNC(=N)N)C(=O)N[C@@H](CC(C)C)C(=O)O)[C@@H](C)O. The first-order valence-electron chi connectivity index (χ1n) is 51.8. The molecular formula is C99H168N26O25. The van der Waals surface area contributed by atoms with E-state index in [0.717, 1.165) is 39.5 Å². The second-order valence-electron chi connectivity index (χ2n) is 38.2. The number of hydrogen-bond donors (Lipinski definition) is 32. The molecule has 844 valence electrons. The lowest BCUT2D eigenvalue weighted by Gasteiger charge is -2.29. The Hall–Kier alpha value is -13.7. The third-order valence-corrected chi connectivity index (χ3v) is 24.0. The maximum Gasteiger partial charge on any atom is 0.326 e. The third kappa shape index (κ3) is 57.7. The smallest absolute Gasteiger partial charge is 0.326 e. The van der Waals surface area contributed by atoms with Crippen molar-refractivity contribution in [3.8, 4) is 11.5 Å². The number of primary amides is 1. The summed E-state index contributed by atoms with van der Waals surface area (Å²) in [6.45, 7) is 9.06. The second-order valence-corrected chi connectivity index (χ2v) is 38.2. The van der Waals surface area contributed by atoms with Crippen molar-refractivity contribution in [3.63, 3.8) is 0 Å². The van der Waals surface area contributed by atoms with Gasteiger partial charge in [0.25, 0.3) is 0 Å². The number of unbranched alkanes of at least 4 members (excludes halogenated alkanes) is 15. The zero-order chi connectivity index (χ0) is 112. The maximum absolute atomic E-state index is 14.8. The van der Waals surface area contributed by atoms with Gasteiger partial charge in [-0.15, -0.1) is 0 Å². The number of aliphatic hydroxyl groups is 2. The normalized spacial score (nSPS) is 14.1. The molecule has 0 saturated heterocycles. The standard InChI is InChI=1S/C99H168N26O25/c1-8-9-10-11-12-13-14-15-16-17-18-19-20-34-79(131)110-55-80(132)111-56-81(133)113-73(52-62-35-39-64(128)40-36-62)92(144)119-71(43-44-78(103)130)90(142)115-66(29-21-24-45-100)85(137)114-67(30-22-25-46-101)86(138)120-72(50-58(2)3)91(143)117-70(33-28-49-109-99(106)107)89(141)124-77(57-126)95(147)112-60(6)84(136)125-83(61(7)127)96(148)122-75(54-82(134)135)94(146)116-68(31-23-26-47-102)87(139)121-74(53-63-37-41-65(129)42-38-63)93(145)118-69(32-27-48-108-98(104)105)88(140)123-76(97(149)150)51-59(4)5/h35-42,58-61,66-77,83,126-129H,8-34,43-57,100-102H2,1-7H3,(H2,103,130)(H,110,131)(H,111,132)(H,112,147)(H,113,133)(H,114,137)(H,115,142)(H,116,146)(H,117,143)(H,118,145)(H,119,144)(H,120,138)(H,121,139)(H,122,148)(H,123,140)(H,124,141)(H,125,136)(H,134,135)(H,149,150)(H4,104,105,108)(H4,106,107,109)/t60-,61+,66-,67-,68-,69-,70-,71-,72+,73-,74-,75-,76-,77-,83-/m0/s1. The molecular weight excluding hydrogens is 1950 g/mol. The number of aromatic hydroxyl groups is 2. The minimum atomic E-state index is -2.12. The van der Waals surface area contributed by atoms with Gasteiger partial charge in [0.15, 0.2) is 11.9 Å². The number of benzene rings is 2. The lowest BCUT2D eigenvalue weighted by atomic mass is 10.0. The highest BCUT2D eigenvalue weighted by Crippen LogP contribution is 2.20. The maximum atomic E-state index is 14.8. The Morgan fingerprint density at radius 1 is 0.320 bits per heavy atom. The van der Waals surface area contributed by atoms with Gasteiger partial charge >= 0.3 is 11.9 Å². The van der Waals surface area contributed by atoms with E-state index < -0.39 is 254 Å². The highest BCUT2D eigenvalue weighted by molar-refractivity contribution is 6.02. The number of aliphatic hydroxyl groups excluding tert-OH is 2. The zero-order valence-corrected chi connectivity index (χ0v) is 87.5. The van der Waals surface area contributed by atoms with E-state index >= 15 is 0 Å². The first-order chi connectivity index (χ1) is 71.1. The zero-order valence-electron chi connectivity index (χ0n) is 87.5. The van der Waals surface area contributed by atoms with Crippen LogP contribution in [0.25, 0.3) is 0 Å². The predicted octanol–water partition coefficient (Wildman–Crippen LogP) is -3.39. The number of carbonyl (C=O) groups is 19. The number of aliphatic carboxylic acids is 2. The van der Waals surface area contributed by atoms with E-state index in [1.54, 1.807) is 27.7 Å². The molecule has 0 heterocycles. The van der Waals surface area contributed by atoms with Gasteiger partial charge in [0.05, 0.1) is 32.2 Å². The van der Waals surface area contributed by atoms with Crippen LogP contribution in [0.2, 0.25) is 0 Å². The van der Waals surface area contributed by atoms with Crippen LogP contribution in [0.4, 0.5) is 0 Å². The Kier molecular flexibility index (Phi) is 66.3. The Morgan fingerprint density at radius 2 is 0.640 bits per heavy atom. The van der Waals surface area contributed by atoms with Gasteiger partial charge in [-0.2, -0.15) is 0 Å². The lowest BCUT2D eigenvalue weighted by molar-refractivity contribution is -0.143. The van der Waals surface area contributed by atoms with Crippen LogP contribution in [0.5, 0.6) is 11.5 Å². The highest BCUT2D eigenvalue weighted by Gasteiger charge is 2.40. The number of carboxylic acids is 2.